The van der Waals surface area contributed by atoms with Gasteiger partial charge in [-0.15, -0.1) is 0 Å². The van der Waals surface area contributed by atoms with E-state index in [2.05, 4.69) is 11.4 Å². The van der Waals surface area contributed by atoms with Gasteiger partial charge in [0.25, 0.3) is 0 Å². The standard InChI is InChI=1S/C22H30N2O3S/c1-7-20(19-10-8-15(2)12-17(19)4)23-22(25)14-24(28(6,26)27)21-11-9-16(3)13-18(21)5/h8-13,20H,7,14H2,1-6H3,(H,23,25). The Hall–Kier alpha value is -2.34. The Morgan fingerprint density at radius 2 is 1.57 bits per heavy atom. The van der Waals surface area contributed by atoms with Crippen molar-refractivity contribution in [3.8, 4) is 0 Å². The Morgan fingerprint density at radius 3 is 2.07 bits per heavy atom. The van der Waals surface area contributed by atoms with Crippen molar-refractivity contribution in [1.29, 1.82) is 0 Å². The highest BCUT2D eigenvalue weighted by Gasteiger charge is 2.24. The summed E-state index contributed by atoms with van der Waals surface area (Å²) in [5, 5.41) is 3.00. The predicted octanol–water partition coefficient (Wildman–Crippen LogP) is 3.95. The van der Waals surface area contributed by atoms with Gasteiger partial charge in [0, 0.05) is 0 Å². The number of nitrogens with zero attached hydrogens (tertiary/aromatic N) is 1. The van der Waals surface area contributed by atoms with E-state index < -0.39 is 10.0 Å². The lowest BCUT2D eigenvalue weighted by atomic mass is 9.97. The third-order valence-corrected chi connectivity index (χ3v) is 5.98. The zero-order chi connectivity index (χ0) is 21.1. The van der Waals surface area contributed by atoms with Crippen molar-refractivity contribution < 1.29 is 13.2 Å². The molecule has 28 heavy (non-hydrogen) atoms. The molecule has 0 aliphatic heterocycles. The van der Waals surface area contributed by atoms with Gasteiger partial charge in [-0.05, 0) is 56.9 Å². The van der Waals surface area contributed by atoms with Crippen LogP contribution in [0.4, 0.5) is 5.69 Å². The number of benzene rings is 2. The molecule has 0 saturated heterocycles. The molecule has 0 saturated carbocycles. The number of carbonyl (C=O) groups excluding carboxylic acids is 1. The molecule has 2 rings (SSSR count). The molecular formula is C22H30N2O3S. The van der Waals surface area contributed by atoms with Crippen molar-refractivity contribution >= 4 is 21.6 Å². The highest BCUT2D eigenvalue weighted by molar-refractivity contribution is 7.92. The van der Waals surface area contributed by atoms with Crippen molar-refractivity contribution in [3.63, 3.8) is 0 Å². The van der Waals surface area contributed by atoms with Gasteiger partial charge in [0.15, 0.2) is 0 Å². The van der Waals surface area contributed by atoms with Crippen LogP contribution >= 0.6 is 0 Å². The molecule has 5 nitrogen and oxygen atoms in total. The van der Waals surface area contributed by atoms with E-state index in [0.29, 0.717) is 5.69 Å². The number of hydrogen-bond acceptors (Lipinski definition) is 3. The quantitative estimate of drug-likeness (QED) is 0.762. The fraction of sp³-hybridized carbons (Fsp3) is 0.409. The molecule has 6 heteroatoms. The maximum atomic E-state index is 12.8. The van der Waals surface area contributed by atoms with Crippen molar-refractivity contribution in [2.45, 2.75) is 47.1 Å². The molecule has 0 aliphatic rings. The van der Waals surface area contributed by atoms with Crippen LogP contribution in [0.2, 0.25) is 0 Å². The maximum absolute atomic E-state index is 12.8. The molecule has 0 bridgehead atoms. The van der Waals surface area contributed by atoms with E-state index in [1.807, 2.05) is 58.9 Å². The summed E-state index contributed by atoms with van der Waals surface area (Å²) in [6, 6.07) is 11.5. The third kappa shape index (κ3) is 5.35. The van der Waals surface area contributed by atoms with Crippen LogP contribution in [-0.4, -0.2) is 27.1 Å². The maximum Gasteiger partial charge on any atom is 0.241 e. The van der Waals surface area contributed by atoms with Crippen LogP contribution in [-0.2, 0) is 14.8 Å². The summed E-state index contributed by atoms with van der Waals surface area (Å²) >= 11 is 0. The van der Waals surface area contributed by atoms with E-state index in [-0.39, 0.29) is 18.5 Å². The van der Waals surface area contributed by atoms with Crippen molar-refractivity contribution in [1.82, 2.24) is 5.32 Å². The Kier molecular flexibility index (Phi) is 6.88. The average Bonchev–Trinajstić information content (AvgIpc) is 2.58. The molecule has 2 aromatic rings. The lowest BCUT2D eigenvalue weighted by molar-refractivity contribution is -0.120. The van der Waals surface area contributed by atoms with E-state index in [4.69, 9.17) is 0 Å². The summed E-state index contributed by atoms with van der Waals surface area (Å²) in [6.07, 6.45) is 1.85. The van der Waals surface area contributed by atoms with Gasteiger partial charge in [-0.25, -0.2) is 8.42 Å². The highest BCUT2D eigenvalue weighted by Crippen LogP contribution is 2.25. The Balaban J connectivity index is 2.26. The second-order valence-corrected chi connectivity index (χ2v) is 9.35. The van der Waals surface area contributed by atoms with Gasteiger partial charge in [-0.3, -0.25) is 9.10 Å². The van der Waals surface area contributed by atoms with Crippen molar-refractivity contribution in [2.75, 3.05) is 17.1 Å². The molecule has 1 unspecified atom stereocenters. The van der Waals surface area contributed by atoms with Gasteiger partial charge < -0.3 is 5.32 Å². The summed E-state index contributed by atoms with van der Waals surface area (Å²) in [5.74, 6) is -0.322. The lowest BCUT2D eigenvalue weighted by Gasteiger charge is -2.26. The average molecular weight is 403 g/mol. The first-order valence-corrected chi connectivity index (χ1v) is 11.3. The van der Waals surface area contributed by atoms with Crippen LogP contribution < -0.4 is 9.62 Å². The number of amides is 1. The lowest BCUT2D eigenvalue weighted by Crippen LogP contribution is -2.42. The van der Waals surface area contributed by atoms with Crippen molar-refractivity contribution in [2.24, 2.45) is 0 Å². The van der Waals surface area contributed by atoms with Crippen molar-refractivity contribution in [3.05, 3.63) is 64.2 Å². The van der Waals surface area contributed by atoms with E-state index in [9.17, 15) is 13.2 Å². The predicted molar refractivity (Wildman–Crippen MR) is 115 cm³/mol. The van der Waals surface area contributed by atoms with Crippen LogP contribution in [0.15, 0.2) is 36.4 Å². The minimum absolute atomic E-state index is 0.159. The summed E-state index contributed by atoms with van der Waals surface area (Å²) in [4.78, 5) is 12.8. The number of anilines is 1. The summed E-state index contributed by atoms with van der Waals surface area (Å²) in [7, 11) is -3.60. The zero-order valence-electron chi connectivity index (χ0n) is 17.5. The number of aryl methyl sites for hydroxylation is 4. The molecule has 1 atom stereocenters. The van der Waals surface area contributed by atoms with Gasteiger partial charge >= 0.3 is 0 Å². The fourth-order valence-electron chi connectivity index (χ4n) is 3.45. The molecule has 0 radical (unpaired) electrons. The second-order valence-electron chi connectivity index (χ2n) is 7.45. The van der Waals surface area contributed by atoms with Crippen LogP contribution in [0, 0.1) is 27.7 Å². The monoisotopic (exact) mass is 402 g/mol. The first-order valence-electron chi connectivity index (χ1n) is 9.44. The minimum Gasteiger partial charge on any atom is -0.348 e. The molecule has 1 N–H and O–H groups in total. The Bertz CT molecular complexity index is 968. The third-order valence-electron chi connectivity index (χ3n) is 4.85. The molecule has 1 amide bonds. The number of rotatable bonds is 7. The molecular weight excluding hydrogens is 372 g/mol. The van der Waals surface area contributed by atoms with Crippen LogP contribution in [0.1, 0.15) is 47.2 Å². The van der Waals surface area contributed by atoms with E-state index in [1.54, 1.807) is 6.07 Å². The van der Waals surface area contributed by atoms with E-state index in [1.165, 1.54) is 9.87 Å². The SMILES string of the molecule is CCC(NC(=O)CN(c1ccc(C)cc1C)S(C)(=O)=O)c1ccc(C)cc1C. The molecule has 0 heterocycles. The summed E-state index contributed by atoms with van der Waals surface area (Å²) < 4.78 is 25.9. The largest absolute Gasteiger partial charge is 0.348 e. The molecule has 0 spiro atoms. The first kappa shape index (κ1) is 22.0. The first-order chi connectivity index (χ1) is 13.0. The summed E-state index contributed by atoms with van der Waals surface area (Å²) in [6.45, 7) is 9.61. The Morgan fingerprint density at radius 1 is 1.00 bits per heavy atom. The van der Waals surface area contributed by atoms with E-state index >= 15 is 0 Å². The highest BCUT2D eigenvalue weighted by atomic mass is 32.2. The smallest absolute Gasteiger partial charge is 0.241 e. The number of sulfonamides is 1. The molecule has 2 aromatic carbocycles. The van der Waals surface area contributed by atoms with Gasteiger partial charge in [0.2, 0.25) is 15.9 Å². The topological polar surface area (TPSA) is 66.5 Å². The van der Waals surface area contributed by atoms with E-state index in [0.717, 1.165) is 34.9 Å². The molecule has 0 fully saturated rings. The number of hydrogen-bond donors (Lipinski definition) is 1. The van der Waals surface area contributed by atoms with Gasteiger partial charge in [0.1, 0.15) is 6.54 Å². The zero-order valence-corrected chi connectivity index (χ0v) is 18.4. The molecule has 0 aromatic heterocycles. The van der Waals surface area contributed by atoms with Gasteiger partial charge in [0.05, 0.1) is 18.0 Å². The normalized spacial score (nSPS) is 12.5. The molecule has 152 valence electrons. The van der Waals surface area contributed by atoms with Gasteiger partial charge in [-0.2, -0.15) is 0 Å². The van der Waals surface area contributed by atoms with Crippen LogP contribution in [0.3, 0.4) is 0 Å². The number of carbonyl (C=O) groups is 1. The van der Waals surface area contributed by atoms with Crippen LogP contribution in [0.25, 0.3) is 0 Å². The Labute approximate surface area is 168 Å². The minimum atomic E-state index is -3.60. The molecule has 0 aliphatic carbocycles. The van der Waals surface area contributed by atoms with Crippen LogP contribution in [0.5, 0.6) is 0 Å². The second kappa shape index (κ2) is 8.78. The van der Waals surface area contributed by atoms with Gasteiger partial charge in [-0.1, -0.05) is 48.4 Å². The summed E-state index contributed by atoms with van der Waals surface area (Å²) in [5.41, 5.74) is 5.73. The number of nitrogens with one attached hydrogen (secondary N) is 1. The fourth-order valence-corrected chi connectivity index (χ4v) is 4.37.